The molecule has 1 aromatic rings. The fraction of sp³-hybridized carbons (Fsp3) is 0.857. The topological polar surface area (TPSA) is 51.0 Å². The number of aryl methyl sites for hydroxylation is 1. The van der Waals surface area contributed by atoms with E-state index in [2.05, 4.69) is 36.2 Å². The molecule has 1 N–H and O–H groups in total. The van der Waals surface area contributed by atoms with Crippen LogP contribution in [0.3, 0.4) is 0 Å². The molecule has 0 aliphatic carbocycles. The minimum atomic E-state index is 0.467. The van der Waals surface area contributed by atoms with Gasteiger partial charge in [-0.25, -0.2) is 0 Å². The molecule has 104 valence electrons. The van der Waals surface area contributed by atoms with Crippen molar-refractivity contribution in [2.75, 3.05) is 6.54 Å². The van der Waals surface area contributed by atoms with E-state index >= 15 is 0 Å². The zero-order valence-electron chi connectivity index (χ0n) is 12.0. The van der Waals surface area contributed by atoms with E-state index in [1.54, 1.807) is 0 Å². The quantitative estimate of drug-likeness (QED) is 0.696. The molecule has 1 rings (SSSR count). The van der Waals surface area contributed by atoms with Crippen LogP contribution in [-0.2, 0) is 12.8 Å². The summed E-state index contributed by atoms with van der Waals surface area (Å²) >= 11 is 0. The lowest BCUT2D eigenvalue weighted by Gasteiger charge is -2.15. The van der Waals surface area contributed by atoms with Gasteiger partial charge in [0.2, 0.25) is 5.89 Å². The molecule has 1 aromatic heterocycles. The molecule has 0 spiro atoms. The smallest absolute Gasteiger partial charge is 0.228 e. The van der Waals surface area contributed by atoms with Crippen LogP contribution in [0.4, 0.5) is 0 Å². The first kappa shape index (κ1) is 15.2. The van der Waals surface area contributed by atoms with Crippen molar-refractivity contribution in [1.29, 1.82) is 0 Å². The van der Waals surface area contributed by atoms with Gasteiger partial charge >= 0.3 is 0 Å². The van der Waals surface area contributed by atoms with Crippen molar-refractivity contribution in [2.24, 2.45) is 0 Å². The summed E-state index contributed by atoms with van der Waals surface area (Å²) in [5.74, 6) is 1.64. The summed E-state index contributed by atoms with van der Waals surface area (Å²) in [6.45, 7) is 7.63. The number of nitrogens with one attached hydrogen (secondary N) is 1. The lowest BCUT2D eigenvalue weighted by Crippen LogP contribution is -2.31. The average Bonchev–Trinajstić information content (AvgIpc) is 2.81. The minimum Gasteiger partial charge on any atom is -0.339 e. The Morgan fingerprint density at radius 2 is 2.00 bits per heavy atom. The van der Waals surface area contributed by atoms with E-state index in [4.69, 9.17) is 4.52 Å². The Kier molecular flexibility index (Phi) is 7.65. The van der Waals surface area contributed by atoms with Gasteiger partial charge in [0.05, 0.1) is 0 Å². The third-order valence-corrected chi connectivity index (χ3v) is 3.01. The Morgan fingerprint density at radius 1 is 1.17 bits per heavy atom. The normalized spacial score (nSPS) is 12.8. The summed E-state index contributed by atoms with van der Waals surface area (Å²) in [6, 6.07) is 0.467. The summed E-state index contributed by atoms with van der Waals surface area (Å²) in [4.78, 5) is 4.46. The molecule has 0 aliphatic rings. The molecule has 1 atom stereocenters. The standard InChI is InChI=1S/C14H27N3O/c1-4-7-9-13-16-14(18-17-13)11-12(8-5-2)15-10-6-3/h12,15H,4-11H2,1-3H3. The lowest BCUT2D eigenvalue weighted by molar-refractivity contribution is 0.346. The summed E-state index contributed by atoms with van der Waals surface area (Å²) < 4.78 is 5.32. The highest BCUT2D eigenvalue weighted by molar-refractivity contribution is 4.89. The maximum Gasteiger partial charge on any atom is 0.228 e. The van der Waals surface area contributed by atoms with E-state index in [-0.39, 0.29) is 0 Å². The van der Waals surface area contributed by atoms with Crippen LogP contribution in [-0.4, -0.2) is 22.7 Å². The minimum absolute atomic E-state index is 0.467. The van der Waals surface area contributed by atoms with Gasteiger partial charge in [0.25, 0.3) is 0 Å². The summed E-state index contributed by atoms with van der Waals surface area (Å²) in [5, 5.41) is 7.58. The van der Waals surface area contributed by atoms with Crippen molar-refractivity contribution in [3.05, 3.63) is 11.7 Å². The lowest BCUT2D eigenvalue weighted by atomic mass is 10.1. The highest BCUT2D eigenvalue weighted by Crippen LogP contribution is 2.08. The van der Waals surface area contributed by atoms with E-state index in [1.807, 2.05) is 0 Å². The Balaban J connectivity index is 2.43. The highest BCUT2D eigenvalue weighted by Gasteiger charge is 2.13. The van der Waals surface area contributed by atoms with Crippen LogP contribution in [0.5, 0.6) is 0 Å². The van der Waals surface area contributed by atoms with Crippen LogP contribution in [0.25, 0.3) is 0 Å². The largest absolute Gasteiger partial charge is 0.339 e. The van der Waals surface area contributed by atoms with Crippen LogP contribution < -0.4 is 5.32 Å². The number of unbranched alkanes of at least 4 members (excludes halogenated alkanes) is 1. The first-order valence-corrected chi connectivity index (χ1v) is 7.34. The first-order valence-electron chi connectivity index (χ1n) is 7.34. The van der Waals surface area contributed by atoms with E-state index in [0.717, 1.165) is 50.4 Å². The molecule has 1 unspecified atom stereocenters. The van der Waals surface area contributed by atoms with Crippen molar-refractivity contribution in [1.82, 2.24) is 15.5 Å². The first-order chi connectivity index (χ1) is 8.80. The van der Waals surface area contributed by atoms with Gasteiger partial charge in [0.1, 0.15) is 0 Å². The number of hydrogen-bond donors (Lipinski definition) is 1. The van der Waals surface area contributed by atoms with Crippen LogP contribution in [0.1, 0.15) is 64.6 Å². The SMILES string of the molecule is CCCCc1noc(CC(CCC)NCCC)n1. The molecule has 0 radical (unpaired) electrons. The van der Waals surface area contributed by atoms with Gasteiger partial charge < -0.3 is 9.84 Å². The Labute approximate surface area is 111 Å². The molecule has 0 saturated carbocycles. The van der Waals surface area contributed by atoms with E-state index in [9.17, 15) is 0 Å². The zero-order valence-corrected chi connectivity index (χ0v) is 12.0. The van der Waals surface area contributed by atoms with Gasteiger partial charge in [0, 0.05) is 18.9 Å². The van der Waals surface area contributed by atoms with Crippen LogP contribution in [0.2, 0.25) is 0 Å². The van der Waals surface area contributed by atoms with Gasteiger partial charge in [-0.1, -0.05) is 38.8 Å². The fourth-order valence-corrected chi connectivity index (χ4v) is 1.99. The maximum atomic E-state index is 5.32. The van der Waals surface area contributed by atoms with Crippen molar-refractivity contribution >= 4 is 0 Å². The molecule has 18 heavy (non-hydrogen) atoms. The number of hydrogen-bond acceptors (Lipinski definition) is 4. The van der Waals surface area contributed by atoms with Crippen molar-refractivity contribution in [3.8, 4) is 0 Å². The van der Waals surface area contributed by atoms with Gasteiger partial charge in [0.15, 0.2) is 5.82 Å². The molecular weight excluding hydrogens is 226 g/mol. The second kappa shape index (κ2) is 9.09. The summed E-state index contributed by atoms with van der Waals surface area (Å²) in [5.41, 5.74) is 0. The van der Waals surface area contributed by atoms with Gasteiger partial charge in [-0.15, -0.1) is 0 Å². The summed E-state index contributed by atoms with van der Waals surface area (Å²) in [7, 11) is 0. The van der Waals surface area contributed by atoms with Crippen LogP contribution in [0, 0.1) is 0 Å². The molecule has 0 saturated heterocycles. The van der Waals surface area contributed by atoms with Crippen molar-refractivity contribution in [2.45, 2.75) is 71.8 Å². The third-order valence-electron chi connectivity index (χ3n) is 3.01. The maximum absolute atomic E-state index is 5.32. The molecule has 1 heterocycles. The molecule has 0 bridgehead atoms. The van der Waals surface area contributed by atoms with E-state index in [0.29, 0.717) is 6.04 Å². The number of rotatable bonds is 10. The molecular formula is C14H27N3O. The molecule has 4 nitrogen and oxygen atoms in total. The number of nitrogens with zero attached hydrogens (tertiary/aromatic N) is 2. The molecule has 0 fully saturated rings. The number of aromatic nitrogens is 2. The Morgan fingerprint density at radius 3 is 2.67 bits per heavy atom. The van der Waals surface area contributed by atoms with Gasteiger partial charge in [-0.2, -0.15) is 4.98 Å². The monoisotopic (exact) mass is 253 g/mol. The van der Waals surface area contributed by atoms with Crippen molar-refractivity contribution < 1.29 is 4.52 Å². The predicted octanol–water partition coefficient (Wildman–Crippen LogP) is 3.12. The second-order valence-electron chi connectivity index (χ2n) is 4.85. The van der Waals surface area contributed by atoms with Crippen LogP contribution >= 0.6 is 0 Å². The molecule has 4 heteroatoms. The van der Waals surface area contributed by atoms with E-state index in [1.165, 1.54) is 12.8 Å². The molecule has 0 amide bonds. The predicted molar refractivity (Wildman–Crippen MR) is 73.6 cm³/mol. The van der Waals surface area contributed by atoms with Crippen LogP contribution in [0.15, 0.2) is 4.52 Å². The molecule has 0 aromatic carbocycles. The van der Waals surface area contributed by atoms with Gasteiger partial charge in [-0.05, 0) is 25.8 Å². The Hall–Kier alpha value is -0.900. The Bertz CT molecular complexity index is 312. The zero-order chi connectivity index (χ0) is 13.2. The van der Waals surface area contributed by atoms with E-state index < -0.39 is 0 Å². The highest BCUT2D eigenvalue weighted by atomic mass is 16.5. The summed E-state index contributed by atoms with van der Waals surface area (Å²) in [6.07, 6.45) is 7.58. The fourth-order valence-electron chi connectivity index (χ4n) is 1.99. The third kappa shape index (κ3) is 5.63. The second-order valence-corrected chi connectivity index (χ2v) is 4.85. The molecule has 0 aliphatic heterocycles. The van der Waals surface area contributed by atoms with Gasteiger partial charge in [-0.3, -0.25) is 0 Å². The average molecular weight is 253 g/mol. The van der Waals surface area contributed by atoms with Crippen molar-refractivity contribution in [3.63, 3.8) is 0 Å².